The smallest absolute Gasteiger partial charge is 0.336 e. The fourth-order valence-electron chi connectivity index (χ4n) is 6.50. The van der Waals surface area contributed by atoms with Crippen LogP contribution in [0.25, 0.3) is 0 Å². The van der Waals surface area contributed by atoms with Gasteiger partial charge in [-0.15, -0.1) is 0 Å². The van der Waals surface area contributed by atoms with E-state index < -0.39 is 18.0 Å². The van der Waals surface area contributed by atoms with E-state index in [1.54, 1.807) is 6.92 Å². The Labute approximate surface area is 242 Å². The molecule has 5 heteroatoms. The molecule has 0 aliphatic heterocycles. The highest BCUT2D eigenvalue weighted by molar-refractivity contribution is 5.88. The van der Waals surface area contributed by atoms with E-state index in [0.717, 1.165) is 31.6 Å². The lowest BCUT2D eigenvalue weighted by atomic mass is 9.73. The second-order valence-electron chi connectivity index (χ2n) is 12.4. The summed E-state index contributed by atoms with van der Waals surface area (Å²) in [5, 5.41) is 9.64. The molecule has 1 N–H and O–H groups in total. The molecule has 0 saturated heterocycles. The molecule has 222 valence electrons. The van der Waals surface area contributed by atoms with Crippen LogP contribution in [0.5, 0.6) is 0 Å². The van der Waals surface area contributed by atoms with Crippen molar-refractivity contribution in [2.75, 3.05) is 13.2 Å². The molecule has 0 spiro atoms. The van der Waals surface area contributed by atoms with Gasteiger partial charge in [0, 0.05) is 11.5 Å². The van der Waals surface area contributed by atoms with Gasteiger partial charge >= 0.3 is 11.9 Å². The molecular weight excluding hydrogens is 500 g/mol. The Balaban J connectivity index is 1.51. The number of hydrogen-bond acceptors (Lipinski definition) is 5. The maximum atomic E-state index is 12.3. The Morgan fingerprint density at radius 3 is 1.82 bits per heavy atom. The topological polar surface area (TPSA) is 72.8 Å². The number of carbonyl (C=O) groups is 2. The van der Waals surface area contributed by atoms with E-state index in [0.29, 0.717) is 17.4 Å². The number of benzene rings is 1. The molecule has 2 aliphatic carbocycles. The van der Waals surface area contributed by atoms with Gasteiger partial charge in [-0.2, -0.15) is 0 Å². The molecule has 1 aromatic carbocycles. The number of unbranched alkanes of at least 4 members (excludes halogenated alkanes) is 2. The number of ether oxygens (including phenoxy) is 2. The first-order valence-electron chi connectivity index (χ1n) is 15.7. The van der Waals surface area contributed by atoms with Crippen LogP contribution in [-0.2, 0) is 19.1 Å². The van der Waals surface area contributed by atoms with Gasteiger partial charge in [-0.1, -0.05) is 70.0 Å². The Morgan fingerprint density at radius 1 is 0.850 bits per heavy atom. The molecule has 2 atom stereocenters. The number of carbonyl (C=O) groups excluding carboxylic acids is 2. The summed E-state index contributed by atoms with van der Waals surface area (Å²) < 4.78 is 10.9. The summed E-state index contributed by atoms with van der Waals surface area (Å²) in [5.41, 5.74) is 3.31. The first kappa shape index (κ1) is 32.1. The summed E-state index contributed by atoms with van der Waals surface area (Å²) in [6, 6.07) is 9.45. The van der Waals surface area contributed by atoms with Crippen molar-refractivity contribution in [3.8, 4) is 0 Å². The molecule has 2 aliphatic rings. The van der Waals surface area contributed by atoms with E-state index in [9.17, 15) is 14.7 Å². The Kier molecular flexibility index (Phi) is 13.0. The van der Waals surface area contributed by atoms with Crippen molar-refractivity contribution >= 4 is 11.9 Å². The molecule has 0 aromatic heterocycles. The Bertz CT molecular complexity index is 962. The number of aliphatic hydroxyl groups excluding tert-OH is 1. The van der Waals surface area contributed by atoms with Gasteiger partial charge < -0.3 is 14.6 Å². The minimum Gasteiger partial charge on any atom is -0.462 e. The van der Waals surface area contributed by atoms with Crippen LogP contribution in [0.2, 0.25) is 0 Å². The van der Waals surface area contributed by atoms with Crippen LogP contribution in [-0.4, -0.2) is 36.4 Å². The SMILES string of the molecule is C=C(C)C(=O)OCC(COC(=O)C(=C)C(C)O)C1CCC(c2ccc(C3CCC(CCCCC)CC3)cc2)CC1. The summed E-state index contributed by atoms with van der Waals surface area (Å²) in [5.74, 6) is 1.32. The fraction of sp³-hybridized carbons (Fsp3) is 0.657. The van der Waals surface area contributed by atoms with Crippen LogP contribution < -0.4 is 0 Å². The number of hydrogen-bond donors (Lipinski definition) is 1. The predicted octanol–water partition coefficient (Wildman–Crippen LogP) is 8.03. The quantitative estimate of drug-likeness (QED) is 0.144. The first-order chi connectivity index (χ1) is 19.2. The van der Waals surface area contributed by atoms with Gasteiger partial charge in [-0.3, -0.25) is 0 Å². The third-order valence-electron chi connectivity index (χ3n) is 9.35. The van der Waals surface area contributed by atoms with Crippen molar-refractivity contribution < 1.29 is 24.2 Å². The lowest BCUT2D eigenvalue weighted by Gasteiger charge is -2.34. The monoisotopic (exact) mass is 552 g/mol. The van der Waals surface area contributed by atoms with Crippen LogP contribution in [0.15, 0.2) is 48.6 Å². The summed E-state index contributed by atoms with van der Waals surface area (Å²) >= 11 is 0. The molecule has 40 heavy (non-hydrogen) atoms. The molecule has 0 bridgehead atoms. The fourth-order valence-corrected chi connectivity index (χ4v) is 6.50. The van der Waals surface area contributed by atoms with Crippen molar-refractivity contribution in [3.05, 3.63) is 59.7 Å². The van der Waals surface area contributed by atoms with Gasteiger partial charge in [0.05, 0.1) is 24.9 Å². The second-order valence-corrected chi connectivity index (χ2v) is 12.4. The Morgan fingerprint density at radius 2 is 1.35 bits per heavy atom. The molecule has 3 rings (SSSR count). The molecule has 0 amide bonds. The molecule has 5 nitrogen and oxygen atoms in total. The highest BCUT2D eigenvalue weighted by Gasteiger charge is 2.31. The van der Waals surface area contributed by atoms with Crippen molar-refractivity contribution in [3.63, 3.8) is 0 Å². The van der Waals surface area contributed by atoms with E-state index in [1.807, 2.05) is 0 Å². The lowest BCUT2D eigenvalue weighted by Crippen LogP contribution is -2.31. The molecular formula is C35H52O5. The molecule has 0 heterocycles. The maximum absolute atomic E-state index is 12.3. The average molecular weight is 553 g/mol. The standard InChI is InChI=1S/C35H52O5/c1-6-7-8-9-27-10-12-28(13-11-27)29-14-16-30(17-15-29)31-18-20-32(21-19-31)33(22-39-34(37)24(2)3)23-40-35(38)25(4)26(5)36/h14-17,26-28,31-33,36H,2,4,6-13,18-23H2,1,3,5H3. The van der Waals surface area contributed by atoms with Crippen molar-refractivity contribution in [1.29, 1.82) is 0 Å². The predicted molar refractivity (Wildman–Crippen MR) is 161 cm³/mol. The van der Waals surface area contributed by atoms with Crippen LogP contribution in [0.1, 0.15) is 121 Å². The van der Waals surface area contributed by atoms with Crippen molar-refractivity contribution in [2.24, 2.45) is 17.8 Å². The first-order valence-corrected chi connectivity index (χ1v) is 15.7. The van der Waals surface area contributed by atoms with Crippen LogP contribution >= 0.6 is 0 Å². The normalized spacial score (nSPS) is 24.5. The minimum absolute atomic E-state index is 0.0323. The Hall–Kier alpha value is -2.40. The van der Waals surface area contributed by atoms with E-state index in [-0.39, 0.29) is 30.6 Å². The maximum Gasteiger partial charge on any atom is 0.336 e. The van der Waals surface area contributed by atoms with Crippen molar-refractivity contribution in [1.82, 2.24) is 0 Å². The third-order valence-corrected chi connectivity index (χ3v) is 9.35. The zero-order valence-electron chi connectivity index (χ0n) is 25.2. The van der Waals surface area contributed by atoms with E-state index in [1.165, 1.54) is 69.4 Å². The molecule has 1 aromatic rings. The highest BCUT2D eigenvalue weighted by atomic mass is 16.5. The largest absolute Gasteiger partial charge is 0.462 e. The zero-order valence-corrected chi connectivity index (χ0v) is 25.2. The van der Waals surface area contributed by atoms with Crippen LogP contribution in [0, 0.1) is 17.8 Å². The zero-order chi connectivity index (χ0) is 29.1. The van der Waals surface area contributed by atoms with E-state index >= 15 is 0 Å². The summed E-state index contributed by atoms with van der Waals surface area (Å²) in [6.07, 6.45) is 14.0. The number of aliphatic hydroxyl groups is 1. The number of rotatable bonds is 14. The van der Waals surface area contributed by atoms with Gasteiger partial charge in [-0.05, 0) is 100 Å². The van der Waals surface area contributed by atoms with Crippen molar-refractivity contribution in [2.45, 2.75) is 116 Å². The minimum atomic E-state index is -0.959. The lowest BCUT2D eigenvalue weighted by molar-refractivity contribution is -0.146. The van der Waals surface area contributed by atoms with Crippen LogP contribution in [0.3, 0.4) is 0 Å². The van der Waals surface area contributed by atoms with E-state index in [2.05, 4.69) is 44.3 Å². The van der Waals surface area contributed by atoms with Gasteiger partial charge in [0.15, 0.2) is 0 Å². The molecule has 0 radical (unpaired) electrons. The highest BCUT2D eigenvalue weighted by Crippen LogP contribution is 2.41. The summed E-state index contributed by atoms with van der Waals surface area (Å²) in [7, 11) is 0. The summed E-state index contributed by atoms with van der Waals surface area (Å²) in [6.45, 7) is 13.0. The summed E-state index contributed by atoms with van der Waals surface area (Å²) in [4.78, 5) is 24.3. The molecule has 2 unspecified atom stereocenters. The van der Waals surface area contributed by atoms with Gasteiger partial charge in [-0.25, -0.2) is 9.59 Å². The molecule has 2 fully saturated rings. The van der Waals surface area contributed by atoms with Gasteiger partial charge in [0.25, 0.3) is 0 Å². The average Bonchev–Trinajstić information content (AvgIpc) is 2.97. The second kappa shape index (κ2) is 16.1. The van der Waals surface area contributed by atoms with Gasteiger partial charge in [0.1, 0.15) is 0 Å². The third kappa shape index (κ3) is 9.61. The van der Waals surface area contributed by atoms with E-state index in [4.69, 9.17) is 9.47 Å². The molecule has 2 saturated carbocycles. The van der Waals surface area contributed by atoms with Gasteiger partial charge in [0.2, 0.25) is 0 Å². The van der Waals surface area contributed by atoms with Crippen LogP contribution in [0.4, 0.5) is 0 Å². The number of esters is 2.